The van der Waals surface area contributed by atoms with Crippen molar-refractivity contribution in [3.8, 4) is 0 Å². The molecule has 2 N–H and O–H groups in total. The number of piperidine rings is 1. The second kappa shape index (κ2) is 9.85. The van der Waals surface area contributed by atoms with Gasteiger partial charge in [0.05, 0.1) is 6.26 Å². The molecule has 2 heterocycles. The zero-order valence-corrected chi connectivity index (χ0v) is 15.7. The highest BCUT2D eigenvalue weighted by molar-refractivity contribution is 5.80. The molecule has 0 unspecified atom stereocenters. The molecule has 2 fully saturated rings. The zero-order valence-electron chi connectivity index (χ0n) is 15.7. The van der Waals surface area contributed by atoms with Crippen molar-refractivity contribution in [1.82, 2.24) is 15.5 Å². The van der Waals surface area contributed by atoms with Crippen LogP contribution in [0.25, 0.3) is 0 Å². The van der Waals surface area contributed by atoms with Gasteiger partial charge in [0.15, 0.2) is 5.96 Å². The van der Waals surface area contributed by atoms with Gasteiger partial charge in [0.2, 0.25) is 0 Å². The first kappa shape index (κ1) is 18.3. The highest BCUT2D eigenvalue weighted by Crippen LogP contribution is 2.18. The van der Waals surface area contributed by atoms with Gasteiger partial charge in [0.25, 0.3) is 0 Å². The fraction of sp³-hybridized carbons (Fsp3) is 0.750. The van der Waals surface area contributed by atoms with Gasteiger partial charge in [-0.3, -0.25) is 4.99 Å². The number of hydrogen-bond donors (Lipinski definition) is 2. The zero-order chi connectivity index (χ0) is 17.3. The summed E-state index contributed by atoms with van der Waals surface area (Å²) in [6, 6.07) is 5.11. The Hall–Kier alpha value is -1.49. The van der Waals surface area contributed by atoms with Crippen molar-refractivity contribution in [2.24, 2.45) is 4.99 Å². The number of nitrogens with one attached hydrogen (secondary N) is 2. The topological polar surface area (TPSA) is 52.8 Å². The van der Waals surface area contributed by atoms with Crippen LogP contribution in [-0.2, 0) is 6.42 Å². The maximum Gasteiger partial charge on any atom is 0.191 e. The summed E-state index contributed by atoms with van der Waals surface area (Å²) < 4.78 is 5.42. The van der Waals surface area contributed by atoms with Crippen LogP contribution in [0.15, 0.2) is 27.8 Å². The smallest absolute Gasteiger partial charge is 0.191 e. The summed E-state index contributed by atoms with van der Waals surface area (Å²) in [5.41, 5.74) is 0. The molecular formula is C20H34N4O. The Balaban J connectivity index is 1.50. The minimum atomic E-state index is 0.546. The summed E-state index contributed by atoms with van der Waals surface area (Å²) in [6.07, 6.45) is 11.5. The van der Waals surface area contributed by atoms with Crippen LogP contribution in [0.4, 0.5) is 0 Å². The molecule has 140 valence electrons. The number of guanidine groups is 1. The molecule has 25 heavy (non-hydrogen) atoms. The van der Waals surface area contributed by atoms with Gasteiger partial charge in [0.1, 0.15) is 5.76 Å². The molecule has 0 amide bonds. The van der Waals surface area contributed by atoms with E-state index in [0.717, 1.165) is 24.7 Å². The summed E-state index contributed by atoms with van der Waals surface area (Å²) in [6.45, 7) is 6.67. The normalized spacial score (nSPS) is 20.9. The minimum absolute atomic E-state index is 0.546. The number of rotatable bonds is 7. The molecule has 1 aliphatic heterocycles. The second-order valence-corrected chi connectivity index (χ2v) is 7.45. The Morgan fingerprint density at radius 3 is 2.52 bits per heavy atom. The minimum Gasteiger partial charge on any atom is -0.469 e. The molecule has 0 bridgehead atoms. The van der Waals surface area contributed by atoms with E-state index >= 15 is 0 Å². The first-order chi connectivity index (χ1) is 12.3. The summed E-state index contributed by atoms with van der Waals surface area (Å²) >= 11 is 0. The van der Waals surface area contributed by atoms with Crippen molar-refractivity contribution < 1.29 is 4.42 Å². The van der Waals surface area contributed by atoms with Gasteiger partial charge < -0.3 is 20.0 Å². The van der Waals surface area contributed by atoms with Crippen molar-refractivity contribution in [1.29, 1.82) is 0 Å². The molecule has 1 aromatic heterocycles. The highest BCUT2D eigenvalue weighted by atomic mass is 16.3. The van der Waals surface area contributed by atoms with E-state index in [4.69, 9.17) is 9.41 Å². The lowest BCUT2D eigenvalue weighted by Crippen LogP contribution is -2.50. The Morgan fingerprint density at radius 2 is 1.88 bits per heavy atom. The number of likely N-dealkylation sites (tertiary alicyclic amines) is 1. The van der Waals surface area contributed by atoms with E-state index in [1.807, 2.05) is 12.1 Å². The molecule has 3 rings (SSSR count). The van der Waals surface area contributed by atoms with Crippen molar-refractivity contribution in [2.45, 2.75) is 70.4 Å². The summed E-state index contributed by atoms with van der Waals surface area (Å²) in [5.74, 6) is 2.02. The quantitative estimate of drug-likeness (QED) is 0.588. The van der Waals surface area contributed by atoms with E-state index < -0.39 is 0 Å². The third-order valence-corrected chi connectivity index (χ3v) is 5.37. The van der Waals surface area contributed by atoms with Gasteiger partial charge in [0, 0.05) is 38.1 Å². The van der Waals surface area contributed by atoms with Gasteiger partial charge in [-0.05, 0) is 50.8 Å². The summed E-state index contributed by atoms with van der Waals surface area (Å²) in [5, 5.41) is 7.38. The standard InChI is InChI=1S/C20H34N4O/c1-2-13-24-14-10-18(11-15-24)23-20(22-17-6-3-4-7-17)21-12-9-19-8-5-16-25-19/h5,8,16-18H,2-4,6-7,9-15H2,1H3,(H2,21,22,23). The molecule has 5 nitrogen and oxygen atoms in total. The Labute approximate surface area is 152 Å². The predicted octanol–water partition coefficient (Wildman–Crippen LogP) is 3.17. The lowest BCUT2D eigenvalue weighted by molar-refractivity contribution is 0.206. The summed E-state index contributed by atoms with van der Waals surface area (Å²) in [4.78, 5) is 7.41. The fourth-order valence-electron chi connectivity index (χ4n) is 3.94. The fourth-order valence-corrected chi connectivity index (χ4v) is 3.94. The Bertz CT molecular complexity index is 500. The van der Waals surface area contributed by atoms with E-state index in [0.29, 0.717) is 12.1 Å². The van der Waals surface area contributed by atoms with E-state index in [1.54, 1.807) is 6.26 Å². The lowest BCUT2D eigenvalue weighted by atomic mass is 10.1. The van der Waals surface area contributed by atoms with Crippen molar-refractivity contribution in [3.63, 3.8) is 0 Å². The second-order valence-electron chi connectivity index (χ2n) is 7.45. The summed E-state index contributed by atoms with van der Waals surface area (Å²) in [7, 11) is 0. The first-order valence-corrected chi connectivity index (χ1v) is 10.2. The van der Waals surface area contributed by atoms with E-state index in [-0.39, 0.29) is 0 Å². The molecule has 0 aromatic carbocycles. The molecule has 1 aliphatic carbocycles. The average Bonchev–Trinajstić information content (AvgIpc) is 3.31. The third-order valence-electron chi connectivity index (χ3n) is 5.37. The molecule has 0 radical (unpaired) electrons. The van der Waals surface area contributed by atoms with Gasteiger partial charge in [-0.15, -0.1) is 0 Å². The molecule has 1 aromatic rings. The molecule has 0 spiro atoms. The Morgan fingerprint density at radius 1 is 1.16 bits per heavy atom. The lowest BCUT2D eigenvalue weighted by Gasteiger charge is -2.33. The van der Waals surface area contributed by atoms with Crippen LogP contribution in [0.3, 0.4) is 0 Å². The first-order valence-electron chi connectivity index (χ1n) is 10.2. The van der Waals surface area contributed by atoms with E-state index in [9.17, 15) is 0 Å². The largest absolute Gasteiger partial charge is 0.469 e. The van der Waals surface area contributed by atoms with Crippen LogP contribution in [0, 0.1) is 0 Å². The van der Waals surface area contributed by atoms with E-state index in [2.05, 4.69) is 22.5 Å². The van der Waals surface area contributed by atoms with Crippen LogP contribution in [0.5, 0.6) is 0 Å². The molecule has 1 saturated carbocycles. The molecular weight excluding hydrogens is 312 g/mol. The van der Waals surface area contributed by atoms with Crippen molar-refractivity contribution >= 4 is 5.96 Å². The van der Waals surface area contributed by atoms with Gasteiger partial charge in [-0.25, -0.2) is 0 Å². The number of nitrogens with zero attached hydrogens (tertiary/aromatic N) is 2. The van der Waals surface area contributed by atoms with Gasteiger partial charge in [-0.1, -0.05) is 19.8 Å². The van der Waals surface area contributed by atoms with Crippen LogP contribution in [0.1, 0.15) is 57.6 Å². The molecule has 2 aliphatic rings. The molecule has 1 saturated heterocycles. The van der Waals surface area contributed by atoms with Crippen LogP contribution < -0.4 is 10.6 Å². The molecule has 0 atom stereocenters. The number of furan rings is 1. The SMILES string of the molecule is CCCN1CCC(NC(=NCCc2ccco2)NC2CCCC2)CC1. The maximum atomic E-state index is 5.42. The van der Waals surface area contributed by atoms with Crippen molar-refractivity contribution in [3.05, 3.63) is 24.2 Å². The molecule has 5 heteroatoms. The predicted molar refractivity (Wildman–Crippen MR) is 103 cm³/mol. The number of aliphatic imine (C=N–C) groups is 1. The Kier molecular flexibility index (Phi) is 7.22. The highest BCUT2D eigenvalue weighted by Gasteiger charge is 2.21. The van der Waals surface area contributed by atoms with Crippen LogP contribution in [-0.4, -0.2) is 49.1 Å². The van der Waals surface area contributed by atoms with Crippen LogP contribution in [0.2, 0.25) is 0 Å². The van der Waals surface area contributed by atoms with Crippen molar-refractivity contribution in [2.75, 3.05) is 26.2 Å². The van der Waals surface area contributed by atoms with E-state index in [1.165, 1.54) is 64.6 Å². The third kappa shape index (κ3) is 6.07. The maximum absolute atomic E-state index is 5.42. The van der Waals surface area contributed by atoms with Gasteiger partial charge in [-0.2, -0.15) is 0 Å². The number of hydrogen-bond acceptors (Lipinski definition) is 3. The van der Waals surface area contributed by atoms with Crippen LogP contribution >= 0.6 is 0 Å². The monoisotopic (exact) mass is 346 g/mol. The average molecular weight is 347 g/mol. The van der Waals surface area contributed by atoms with Gasteiger partial charge >= 0.3 is 0 Å².